The van der Waals surface area contributed by atoms with Crippen molar-refractivity contribution in [2.45, 2.75) is 13.8 Å². The Morgan fingerprint density at radius 3 is 2.43 bits per heavy atom. The minimum Gasteiger partial charge on any atom is -0.496 e. The van der Waals surface area contributed by atoms with Gasteiger partial charge in [-0.15, -0.1) is 11.3 Å². The molecular formula is C20H22N2O7S. The fourth-order valence-electron chi connectivity index (χ4n) is 2.50. The number of benzene rings is 1. The number of esters is 2. The summed E-state index contributed by atoms with van der Waals surface area (Å²) in [5, 5.41) is 5.27. The minimum atomic E-state index is -0.792. The lowest BCUT2D eigenvalue weighted by Crippen LogP contribution is -2.32. The summed E-state index contributed by atoms with van der Waals surface area (Å²) >= 11 is 1.22. The van der Waals surface area contributed by atoms with Crippen LogP contribution in [0, 0.1) is 13.8 Å². The molecule has 0 fully saturated rings. The van der Waals surface area contributed by atoms with Crippen LogP contribution in [-0.2, 0) is 19.1 Å². The molecule has 0 atom stereocenters. The zero-order valence-electron chi connectivity index (χ0n) is 17.0. The number of methoxy groups -OCH3 is 2. The van der Waals surface area contributed by atoms with Gasteiger partial charge in [-0.2, -0.15) is 0 Å². The lowest BCUT2D eigenvalue weighted by Gasteiger charge is -2.09. The van der Waals surface area contributed by atoms with Crippen molar-refractivity contribution in [1.82, 2.24) is 5.32 Å². The summed E-state index contributed by atoms with van der Waals surface area (Å²) in [6.07, 6.45) is 0. The molecule has 30 heavy (non-hydrogen) atoms. The molecular weight excluding hydrogens is 412 g/mol. The third kappa shape index (κ3) is 5.57. The highest BCUT2D eigenvalue weighted by molar-refractivity contribution is 7.16. The van der Waals surface area contributed by atoms with Gasteiger partial charge in [0.05, 0.1) is 25.3 Å². The Morgan fingerprint density at radius 2 is 1.77 bits per heavy atom. The van der Waals surface area contributed by atoms with Gasteiger partial charge in [-0.1, -0.05) is 12.1 Å². The number of para-hydroxylation sites is 1. The molecule has 10 heteroatoms. The first-order chi connectivity index (χ1) is 14.3. The normalized spacial score (nSPS) is 10.1. The molecule has 0 saturated heterocycles. The zero-order chi connectivity index (χ0) is 22.3. The molecule has 9 nitrogen and oxygen atoms in total. The Kier molecular flexibility index (Phi) is 7.93. The Hall–Kier alpha value is -3.40. The lowest BCUT2D eigenvalue weighted by molar-refractivity contribution is -0.146. The maximum Gasteiger partial charge on any atom is 0.341 e. The van der Waals surface area contributed by atoms with E-state index in [1.165, 1.54) is 25.6 Å². The number of thiophene rings is 1. The fraction of sp³-hybridized carbons (Fsp3) is 0.300. The second-order valence-electron chi connectivity index (χ2n) is 6.07. The molecule has 0 aliphatic rings. The smallest absolute Gasteiger partial charge is 0.341 e. The van der Waals surface area contributed by atoms with Gasteiger partial charge in [0.1, 0.15) is 17.3 Å². The first-order valence-electron chi connectivity index (χ1n) is 8.83. The van der Waals surface area contributed by atoms with Crippen molar-refractivity contribution in [1.29, 1.82) is 0 Å². The van der Waals surface area contributed by atoms with Gasteiger partial charge in [0.15, 0.2) is 6.61 Å². The van der Waals surface area contributed by atoms with E-state index in [2.05, 4.69) is 10.6 Å². The van der Waals surface area contributed by atoms with Crippen LogP contribution in [0.4, 0.5) is 5.00 Å². The van der Waals surface area contributed by atoms with Crippen LogP contribution in [0.5, 0.6) is 5.75 Å². The molecule has 2 amide bonds. The number of anilines is 1. The third-order valence-electron chi connectivity index (χ3n) is 4.14. The maximum absolute atomic E-state index is 12.2. The molecule has 0 spiro atoms. The molecule has 0 bridgehead atoms. The molecule has 0 radical (unpaired) electrons. The summed E-state index contributed by atoms with van der Waals surface area (Å²) in [6, 6.07) is 6.55. The van der Waals surface area contributed by atoms with Crippen LogP contribution in [-0.4, -0.2) is 51.1 Å². The molecule has 2 N–H and O–H groups in total. The number of ether oxygens (including phenoxy) is 3. The summed E-state index contributed by atoms with van der Waals surface area (Å²) in [4.78, 5) is 48.9. The number of nitrogens with one attached hydrogen (secondary N) is 2. The van der Waals surface area contributed by atoms with E-state index in [-0.39, 0.29) is 11.1 Å². The van der Waals surface area contributed by atoms with E-state index in [4.69, 9.17) is 14.2 Å². The van der Waals surface area contributed by atoms with Crippen molar-refractivity contribution in [3.63, 3.8) is 0 Å². The van der Waals surface area contributed by atoms with Crippen LogP contribution in [0.2, 0.25) is 0 Å². The number of carbonyl (C=O) groups excluding carboxylic acids is 4. The third-order valence-corrected chi connectivity index (χ3v) is 5.26. The van der Waals surface area contributed by atoms with Crippen molar-refractivity contribution in [2.75, 3.05) is 32.7 Å². The molecule has 1 aromatic carbocycles. The zero-order valence-corrected chi connectivity index (χ0v) is 17.8. The van der Waals surface area contributed by atoms with Crippen LogP contribution in [0.3, 0.4) is 0 Å². The number of carbonyl (C=O) groups is 4. The average Bonchev–Trinajstić information content (AvgIpc) is 3.02. The van der Waals surface area contributed by atoms with Gasteiger partial charge in [0.25, 0.3) is 11.8 Å². The van der Waals surface area contributed by atoms with Crippen LogP contribution in [0.1, 0.15) is 31.2 Å². The van der Waals surface area contributed by atoms with Gasteiger partial charge in [-0.25, -0.2) is 4.79 Å². The Labute approximate surface area is 177 Å². The first kappa shape index (κ1) is 22.9. The largest absolute Gasteiger partial charge is 0.496 e. The molecule has 1 heterocycles. The van der Waals surface area contributed by atoms with E-state index in [0.717, 1.165) is 4.88 Å². The Balaban J connectivity index is 1.87. The van der Waals surface area contributed by atoms with Crippen LogP contribution < -0.4 is 15.4 Å². The molecule has 0 unspecified atom stereocenters. The van der Waals surface area contributed by atoms with Gasteiger partial charge < -0.3 is 24.8 Å². The standard InChI is InChI=1S/C20H22N2O7S/c1-11-12(2)30-19(17(11)20(26)28-4)22-15(23)10-29-16(24)9-21-18(25)13-7-5-6-8-14(13)27-3/h5-8H,9-10H2,1-4H3,(H,21,25)(H,22,23). The molecule has 0 aliphatic carbocycles. The van der Waals surface area contributed by atoms with E-state index in [1.807, 2.05) is 6.92 Å². The van der Waals surface area contributed by atoms with Gasteiger partial charge in [-0.05, 0) is 31.5 Å². The summed E-state index contributed by atoms with van der Waals surface area (Å²) in [7, 11) is 2.68. The molecule has 1 aromatic heterocycles. The summed E-state index contributed by atoms with van der Waals surface area (Å²) in [5.74, 6) is -2.12. The van der Waals surface area contributed by atoms with Crippen molar-refractivity contribution in [3.05, 3.63) is 45.8 Å². The van der Waals surface area contributed by atoms with E-state index in [0.29, 0.717) is 16.3 Å². The van der Waals surface area contributed by atoms with Crippen molar-refractivity contribution >= 4 is 40.1 Å². The summed E-state index contributed by atoms with van der Waals surface area (Å²) in [6.45, 7) is 2.57. The van der Waals surface area contributed by atoms with Crippen molar-refractivity contribution < 1.29 is 33.4 Å². The van der Waals surface area contributed by atoms with Crippen molar-refractivity contribution in [3.8, 4) is 5.75 Å². The predicted molar refractivity (Wildman–Crippen MR) is 110 cm³/mol. The van der Waals surface area contributed by atoms with Crippen LogP contribution >= 0.6 is 11.3 Å². The van der Waals surface area contributed by atoms with Crippen LogP contribution in [0.15, 0.2) is 24.3 Å². The highest BCUT2D eigenvalue weighted by atomic mass is 32.1. The van der Waals surface area contributed by atoms with E-state index in [1.54, 1.807) is 31.2 Å². The predicted octanol–water partition coefficient (Wildman–Crippen LogP) is 2.07. The average molecular weight is 434 g/mol. The number of hydrogen-bond donors (Lipinski definition) is 2. The molecule has 2 rings (SSSR count). The highest BCUT2D eigenvalue weighted by Gasteiger charge is 2.22. The monoisotopic (exact) mass is 434 g/mol. The number of rotatable bonds is 8. The lowest BCUT2D eigenvalue weighted by atomic mass is 10.1. The molecule has 2 aromatic rings. The second-order valence-corrected chi connectivity index (χ2v) is 7.30. The first-order valence-corrected chi connectivity index (χ1v) is 9.65. The number of aryl methyl sites for hydroxylation is 1. The summed E-state index contributed by atoms with van der Waals surface area (Å²) < 4.78 is 14.7. The minimum absolute atomic E-state index is 0.267. The van der Waals surface area contributed by atoms with Gasteiger partial charge in [0.2, 0.25) is 0 Å². The quantitative estimate of drug-likeness (QED) is 0.610. The molecule has 0 aliphatic heterocycles. The van der Waals surface area contributed by atoms with E-state index in [9.17, 15) is 19.2 Å². The topological polar surface area (TPSA) is 120 Å². The SMILES string of the molecule is COC(=O)c1c(NC(=O)COC(=O)CNC(=O)c2ccccc2OC)sc(C)c1C. The van der Waals surface area contributed by atoms with Crippen LogP contribution in [0.25, 0.3) is 0 Å². The maximum atomic E-state index is 12.2. The molecule has 0 saturated carbocycles. The number of hydrogen-bond acceptors (Lipinski definition) is 8. The second kappa shape index (κ2) is 10.4. The highest BCUT2D eigenvalue weighted by Crippen LogP contribution is 2.32. The molecule has 160 valence electrons. The Bertz CT molecular complexity index is 968. The van der Waals surface area contributed by atoms with Gasteiger partial charge in [0, 0.05) is 4.88 Å². The van der Waals surface area contributed by atoms with Crippen molar-refractivity contribution in [2.24, 2.45) is 0 Å². The van der Waals surface area contributed by atoms with Gasteiger partial charge in [-0.3, -0.25) is 14.4 Å². The summed E-state index contributed by atoms with van der Waals surface area (Å²) in [5.41, 5.74) is 1.24. The number of amides is 2. The fourth-order valence-corrected chi connectivity index (χ4v) is 3.57. The van der Waals surface area contributed by atoms with E-state index < -0.39 is 36.9 Å². The van der Waals surface area contributed by atoms with Gasteiger partial charge >= 0.3 is 11.9 Å². The Morgan fingerprint density at radius 1 is 1.07 bits per heavy atom. The van der Waals surface area contributed by atoms with E-state index >= 15 is 0 Å².